The Bertz CT molecular complexity index is 1010. The van der Waals surface area contributed by atoms with Gasteiger partial charge in [-0.3, -0.25) is 4.57 Å². The van der Waals surface area contributed by atoms with Gasteiger partial charge in [0.15, 0.2) is 0 Å². The molecule has 2 N–H and O–H groups in total. The third-order valence-corrected chi connectivity index (χ3v) is 4.03. The summed E-state index contributed by atoms with van der Waals surface area (Å²) >= 11 is 0. The Kier molecular flexibility index (Phi) is 3.31. The van der Waals surface area contributed by atoms with Crippen LogP contribution < -0.4 is 0 Å². The SMILES string of the molecule is O/N=C/c1c(-n2cccc2)n(-c2ccc(O)cc2)c2ccccc12. The average Bonchev–Trinajstić information content (AvgIpc) is 3.23. The molecule has 0 unspecified atom stereocenters. The largest absolute Gasteiger partial charge is 0.508 e. The standard InChI is InChI=1S/C19H15N3O2/c23-15-9-7-14(8-10-15)22-18-6-2-1-5-16(18)17(13-20-24)19(22)21-11-3-4-12-21/h1-13,23-24H/b20-13+. The van der Waals surface area contributed by atoms with E-state index in [4.69, 9.17) is 5.21 Å². The minimum absolute atomic E-state index is 0.217. The van der Waals surface area contributed by atoms with Crippen molar-refractivity contribution in [2.45, 2.75) is 0 Å². The van der Waals surface area contributed by atoms with E-state index in [1.165, 1.54) is 6.21 Å². The number of rotatable bonds is 3. The van der Waals surface area contributed by atoms with Crippen LogP contribution in [0.15, 0.2) is 78.2 Å². The summed E-state index contributed by atoms with van der Waals surface area (Å²) in [5.41, 5.74) is 2.71. The molecule has 0 saturated carbocycles. The van der Waals surface area contributed by atoms with Crippen molar-refractivity contribution in [2.75, 3.05) is 0 Å². The van der Waals surface area contributed by atoms with E-state index in [-0.39, 0.29) is 5.75 Å². The van der Waals surface area contributed by atoms with Gasteiger partial charge in [0.05, 0.1) is 11.7 Å². The van der Waals surface area contributed by atoms with Crippen LogP contribution in [0.5, 0.6) is 5.75 Å². The fraction of sp³-hybridized carbons (Fsp3) is 0. The summed E-state index contributed by atoms with van der Waals surface area (Å²) in [6.45, 7) is 0. The molecule has 118 valence electrons. The van der Waals surface area contributed by atoms with E-state index >= 15 is 0 Å². The molecule has 5 nitrogen and oxygen atoms in total. The summed E-state index contributed by atoms with van der Waals surface area (Å²) in [6.07, 6.45) is 5.34. The number of hydrogen-bond donors (Lipinski definition) is 2. The summed E-state index contributed by atoms with van der Waals surface area (Å²) in [4.78, 5) is 0. The number of benzene rings is 2. The van der Waals surface area contributed by atoms with Crippen molar-refractivity contribution >= 4 is 17.1 Å². The Morgan fingerprint density at radius 2 is 1.58 bits per heavy atom. The van der Waals surface area contributed by atoms with E-state index in [0.29, 0.717) is 0 Å². The van der Waals surface area contributed by atoms with Crippen LogP contribution in [0.1, 0.15) is 5.56 Å². The molecule has 0 bridgehead atoms. The van der Waals surface area contributed by atoms with Crippen molar-refractivity contribution in [3.63, 3.8) is 0 Å². The number of aromatic nitrogens is 2. The third-order valence-electron chi connectivity index (χ3n) is 4.03. The molecule has 0 aliphatic rings. The lowest BCUT2D eigenvalue weighted by Crippen LogP contribution is -2.04. The quantitative estimate of drug-likeness (QED) is 0.341. The van der Waals surface area contributed by atoms with Gasteiger partial charge in [0.2, 0.25) is 0 Å². The smallest absolute Gasteiger partial charge is 0.131 e. The number of phenolic OH excluding ortho intramolecular Hbond substituents is 1. The van der Waals surface area contributed by atoms with E-state index in [1.54, 1.807) is 12.1 Å². The predicted molar refractivity (Wildman–Crippen MR) is 93.6 cm³/mol. The molecule has 0 atom stereocenters. The second-order valence-corrected chi connectivity index (χ2v) is 5.44. The summed E-state index contributed by atoms with van der Waals surface area (Å²) in [7, 11) is 0. The molecule has 0 saturated heterocycles. The fourth-order valence-electron chi connectivity index (χ4n) is 3.03. The topological polar surface area (TPSA) is 62.7 Å². The zero-order valence-corrected chi connectivity index (χ0v) is 12.7. The van der Waals surface area contributed by atoms with Crippen LogP contribution in [0, 0.1) is 0 Å². The Hall–Kier alpha value is -3.47. The normalized spacial score (nSPS) is 11.5. The van der Waals surface area contributed by atoms with Crippen molar-refractivity contribution in [2.24, 2.45) is 5.16 Å². The first-order valence-electron chi connectivity index (χ1n) is 7.53. The third kappa shape index (κ3) is 2.14. The fourth-order valence-corrected chi connectivity index (χ4v) is 3.03. The van der Waals surface area contributed by atoms with Crippen molar-refractivity contribution < 1.29 is 10.3 Å². The van der Waals surface area contributed by atoms with Gasteiger partial charge in [0.25, 0.3) is 0 Å². The maximum atomic E-state index is 9.59. The zero-order chi connectivity index (χ0) is 16.5. The number of phenols is 1. The number of para-hydroxylation sites is 1. The molecule has 2 aromatic carbocycles. The maximum absolute atomic E-state index is 9.59. The molecule has 0 fully saturated rings. The van der Waals surface area contributed by atoms with Gasteiger partial charge in [-0.1, -0.05) is 23.4 Å². The van der Waals surface area contributed by atoms with E-state index in [9.17, 15) is 5.11 Å². The first-order chi connectivity index (χ1) is 11.8. The highest BCUT2D eigenvalue weighted by Crippen LogP contribution is 2.31. The first-order valence-corrected chi connectivity index (χ1v) is 7.53. The molecule has 4 rings (SSSR count). The molecule has 2 aromatic heterocycles. The second-order valence-electron chi connectivity index (χ2n) is 5.44. The summed E-state index contributed by atoms with van der Waals surface area (Å²) in [6, 6.07) is 18.9. The summed E-state index contributed by atoms with van der Waals surface area (Å²) in [5, 5.41) is 23.0. The molecule has 4 aromatic rings. The molecule has 24 heavy (non-hydrogen) atoms. The average molecular weight is 317 g/mol. The van der Waals surface area contributed by atoms with Crippen LogP contribution in [0.3, 0.4) is 0 Å². The van der Waals surface area contributed by atoms with Crippen LogP contribution in [-0.4, -0.2) is 25.7 Å². The number of aromatic hydroxyl groups is 1. The van der Waals surface area contributed by atoms with Gasteiger partial charge in [-0.25, -0.2) is 0 Å². The molecule has 0 amide bonds. The highest BCUT2D eigenvalue weighted by atomic mass is 16.4. The van der Waals surface area contributed by atoms with Crippen LogP contribution in [0.25, 0.3) is 22.4 Å². The molecule has 0 spiro atoms. The van der Waals surface area contributed by atoms with Crippen molar-refractivity contribution in [1.82, 2.24) is 9.13 Å². The number of oxime groups is 1. The van der Waals surface area contributed by atoms with Crippen LogP contribution in [0.2, 0.25) is 0 Å². The molecule has 0 aliphatic heterocycles. The van der Waals surface area contributed by atoms with Crippen molar-refractivity contribution in [3.8, 4) is 17.3 Å². The Balaban J connectivity index is 2.14. The maximum Gasteiger partial charge on any atom is 0.131 e. The Morgan fingerprint density at radius 1 is 0.875 bits per heavy atom. The lowest BCUT2D eigenvalue weighted by atomic mass is 10.2. The van der Waals surface area contributed by atoms with Gasteiger partial charge >= 0.3 is 0 Å². The second kappa shape index (κ2) is 5.62. The van der Waals surface area contributed by atoms with Gasteiger partial charge in [-0.05, 0) is 42.5 Å². The first kappa shape index (κ1) is 14.1. The molecular weight excluding hydrogens is 302 g/mol. The minimum atomic E-state index is 0.217. The molecule has 2 heterocycles. The van der Waals surface area contributed by atoms with E-state index in [1.807, 2.05) is 65.5 Å². The highest BCUT2D eigenvalue weighted by Gasteiger charge is 2.18. The molecule has 5 heteroatoms. The highest BCUT2D eigenvalue weighted by molar-refractivity contribution is 6.04. The number of fused-ring (bicyclic) bond motifs is 1. The zero-order valence-electron chi connectivity index (χ0n) is 12.7. The number of hydrogen-bond acceptors (Lipinski definition) is 3. The van der Waals surface area contributed by atoms with E-state index in [0.717, 1.165) is 28.0 Å². The van der Waals surface area contributed by atoms with Gasteiger partial charge < -0.3 is 14.9 Å². The summed E-state index contributed by atoms with van der Waals surface area (Å²) in [5.74, 6) is 1.08. The molecule has 0 aliphatic carbocycles. The van der Waals surface area contributed by atoms with Crippen LogP contribution in [-0.2, 0) is 0 Å². The monoisotopic (exact) mass is 317 g/mol. The van der Waals surface area contributed by atoms with Crippen molar-refractivity contribution in [3.05, 3.63) is 78.6 Å². The van der Waals surface area contributed by atoms with Gasteiger partial charge in [-0.15, -0.1) is 0 Å². The number of nitrogens with zero attached hydrogens (tertiary/aromatic N) is 3. The molecular formula is C19H15N3O2. The molecule has 0 radical (unpaired) electrons. The minimum Gasteiger partial charge on any atom is -0.508 e. The summed E-state index contributed by atoms with van der Waals surface area (Å²) < 4.78 is 4.05. The lowest BCUT2D eigenvalue weighted by Gasteiger charge is -2.12. The van der Waals surface area contributed by atoms with Gasteiger partial charge in [0, 0.05) is 29.0 Å². The lowest BCUT2D eigenvalue weighted by molar-refractivity contribution is 0.322. The van der Waals surface area contributed by atoms with E-state index in [2.05, 4.69) is 9.72 Å². The van der Waals surface area contributed by atoms with Crippen LogP contribution in [0.4, 0.5) is 0 Å². The van der Waals surface area contributed by atoms with E-state index < -0.39 is 0 Å². The predicted octanol–water partition coefficient (Wildman–Crippen LogP) is 3.93. The Morgan fingerprint density at radius 3 is 2.29 bits per heavy atom. The van der Waals surface area contributed by atoms with Crippen LogP contribution >= 0.6 is 0 Å². The Labute approximate surface area is 138 Å². The van der Waals surface area contributed by atoms with Crippen molar-refractivity contribution in [1.29, 1.82) is 0 Å². The van der Waals surface area contributed by atoms with Gasteiger partial charge in [-0.2, -0.15) is 0 Å². The van der Waals surface area contributed by atoms with Gasteiger partial charge in [0.1, 0.15) is 11.6 Å².